The van der Waals surface area contributed by atoms with Crippen molar-refractivity contribution in [1.82, 2.24) is 10.0 Å². The van der Waals surface area contributed by atoms with Crippen LogP contribution in [0, 0.1) is 12.8 Å². The second-order valence-corrected chi connectivity index (χ2v) is 8.55. The molecule has 0 spiro atoms. The number of carbonyl (C=O) groups is 1. The van der Waals surface area contributed by atoms with Crippen molar-refractivity contribution in [3.63, 3.8) is 0 Å². The number of sulfonamides is 1. The molecule has 2 N–H and O–H groups in total. The zero-order valence-corrected chi connectivity index (χ0v) is 15.8. The highest BCUT2D eigenvalue weighted by Gasteiger charge is 2.24. The maximum atomic E-state index is 12.1. The lowest BCUT2D eigenvalue weighted by Gasteiger charge is -2.26. The van der Waals surface area contributed by atoms with Crippen LogP contribution in [0.4, 0.5) is 0 Å². The van der Waals surface area contributed by atoms with Gasteiger partial charge in [-0.25, -0.2) is 13.1 Å². The van der Waals surface area contributed by atoms with Crippen molar-refractivity contribution in [2.45, 2.75) is 45.6 Å². The second-order valence-electron chi connectivity index (χ2n) is 6.80. The van der Waals surface area contributed by atoms with E-state index in [0.717, 1.165) is 37.0 Å². The molecule has 1 aliphatic rings. The molecule has 1 aromatic rings. The van der Waals surface area contributed by atoms with Gasteiger partial charge in [-0.2, -0.15) is 0 Å². The summed E-state index contributed by atoms with van der Waals surface area (Å²) in [6.07, 6.45) is 3.73. The predicted molar refractivity (Wildman–Crippen MR) is 98.0 cm³/mol. The van der Waals surface area contributed by atoms with Crippen LogP contribution in [0.25, 0.3) is 0 Å². The summed E-state index contributed by atoms with van der Waals surface area (Å²) >= 11 is 0. The first kappa shape index (κ1) is 19.7. The van der Waals surface area contributed by atoms with Crippen LogP contribution in [0.5, 0.6) is 5.75 Å². The molecular weight excluding hydrogens is 340 g/mol. The summed E-state index contributed by atoms with van der Waals surface area (Å²) in [6.45, 7) is 4.68. The molecule has 1 amide bonds. The van der Waals surface area contributed by atoms with E-state index in [1.54, 1.807) is 0 Å². The predicted octanol–water partition coefficient (Wildman–Crippen LogP) is 1.99. The Morgan fingerprint density at radius 3 is 2.56 bits per heavy atom. The van der Waals surface area contributed by atoms with Crippen LogP contribution in [0.2, 0.25) is 0 Å². The third kappa shape index (κ3) is 7.04. The standard InChI is InChI=1S/C18H28N2O4S/c1-14-7-9-16(10-8-14)20-25(22,23)13-18(21)19-11-12-24-17-6-4-3-5-15(17)2/h3-6,14,16,20H,7-13H2,1-2H3,(H,19,21). The number of ether oxygens (including phenoxy) is 1. The number of amides is 1. The van der Waals surface area contributed by atoms with Gasteiger partial charge >= 0.3 is 0 Å². The van der Waals surface area contributed by atoms with Gasteiger partial charge in [0.25, 0.3) is 0 Å². The number of benzene rings is 1. The fourth-order valence-electron chi connectivity index (χ4n) is 2.97. The highest BCUT2D eigenvalue weighted by Crippen LogP contribution is 2.23. The third-order valence-corrected chi connectivity index (χ3v) is 5.79. The van der Waals surface area contributed by atoms with E-state index < -0.39 is 21.7 Å². The molecule has 1 aromatic carbocycles. The Labute approximate surface area is 150 Å². The molecule has 0 radical (unpaired) electrons. The molecular formula is C18H28N2O4S. The van der Waals surface area contributed by atoms with Gasteiger partial charge in [-0.05, 0) is 50.2 Å². The summed E-state index contributed by atoms with van der Waals surface area (Å²) in [5.74, 6) is 0.364. The lowest BCUT2D eigenvalue weighted by Crippen LogP contribution is -2.43. The molecule has 1 aliphatic carbocycles. The summed E-state index contributed by atoms with van der Waals surface area (Å²) in [7, 11) is -3.60. The van der Waals surface area contributed by atoms with E-state index in [-0.39, 0.29) is 12.6 Å². The first-order valence-electron chi connectivity index (χ1n) is 8.81. The SMILES string of the molecule is Cc1ccccc1OCCNC(=O)CS(=O)(=O)NC1CCC(C)CC1. The lowest BCUT2D eigenvalue weighted by atomic mass is 9.88. The van der Waals surface area contributed by atoms with Crippen molar-refractivity contribution >= 4 is 15.9 Å². The van der Waals surface area contributed by atoms with E-state index in [1.165, 1.54) is 0 Å². The number of para-hydroxylation sites is 1. The van der Waals surface area contributed by atoms with Crippen molar-refractivity contribution in [3.8, 4) is 5.75 Å². The van der Waals surface area contributed by atoms with Crippen LogP contribution in [0.3, 0.4) is 0 Å². The van der Waals surface area contributed by atoms with Gasteiger partial charge in [-0.1, -0.05) is 25.1 Å². The van der Waals surface area contributed by atoms with Crippen LogP contribution < -0.4 is 14.8 Å². The van der Waals surface area contributed by atoms with E-state index in [0.29, 0.717) is 12.5 Å². The van der Waals surface area contributed by atoms with Crippen LogP contribution in [0.1, 0.15) is 38.2 Å². The van der Waals surface area contributed by atoms with Crippen LogP contribution in [-0.2, 0) is 14.8 Å². The highest BCUT2D eigenvalue weighted by atomic mass is 32.2. The van der Waals surface area contributed by atoms with Crippen molar-refractivity contribution < 1.29 is 17.9 Å². The number of nitrogens with one attached hydrogen (secondary N) is 2. The molecule has 0 atom stereocenters. The maximum Gasteiger partial charge on any atom is 0.236 e. The monoisotopic (exact) mass is 368 g/mol. The van der Waals surface area contributed by atoms with Gasteiger partial charge in [0.2, 0.25) is 15.9 Å². The summed E-state index contributed by atoms with van der Waals surface area (Å²) in [6, 6.07) is 7.56. The van der Waals surface area contributed by atoms with Gasteiger partial charge in [-0.3, -0.25) is 4.79 Å². The van der Waals surface area contributed by atoms with Crippen LogP contribution >= 0.6 is 0 Å². The Morgan fingerprint density at radius 2 is 1.88 bits per heavy atom. The molecule has 6 nitrogen and oxygen atoms in total. The quantitative estimate of drug-likeness (QED) is 0.687. The lowest BCUT2D eigenvalue weighted by molar-refractivity contribution is -0.118. The van der Waals surface area contributed by atoms with Crippen molar-refractivity contribution in [1.29, 1.82) is 0 Å². The van der Waals surface area contributed by atoms with Gasteiger partial charge in [0.1, 0.15) is 18.1 Å². The summed E-state index contributed by atoms with van der Waals surface area (Å²) < 4.78 is 32.4. The van der Waals surface area contributed by atoms with Crippen molar-refractivity contribution in [3.05, 3.63) is 29.8 Å². The van der Waals surface area contributed by atoms with Gasteiger partial charge in [0.05, 0.1) is 6.54 Å². The van der Waals surface area contributed by atoms with Crippen LogP contribution in [-0.4, -0.2) is 39.3 Å². The minimum absolute atomic E-state index is 0.0432. The molecule has 1 fully saturated rings. The molecule has 25 heavy (non-hydrogen) atoms. The van der Waals surface area contributed by atoms with Gasteiger partial charge in [-0.15, -0.1) is 0 Å². The van der Waals surface area contributed by atoms with E-state index in [9.17, 15) is 13.2 Å². The second kappa shape index (κ2) is 9.20. The molecule has 7 heteroatoms. The molecule has 0 unspecified atom stereocenters. The molecule has 0 heterocycles. The normalized spacial score (nSPS) is 20.9. The molecule has 140 valence electrons. The van der Waals surface area contributed by atoms with Crippen molar-refractivity contribution in [2.75, 3.05) is 18.9 Å². The largest absolute Gasteiger partial charge is 0.491 e. The Balaban J connectivity index is 1.67. The number of hydrogen-bond donors (Lipinski definition) is 2. The summed E-state index contributed by atoms with van der Waals surface area (Å²) in [5, 5.41) is 2.59. The number of hydrogen-bond acceptors (Lipinski definition) is 4. The smallest absolute Gasteiger partial charge is 0.236 e. The first-order valence-corrected chi connectivity index (χ1v) is 10.5. The maximum absolute atomic E-state index is 12.1. The van der Waals surface area contributed by atoms with Gasteiger partial charge in [0, 0.05) is 6.04 Å². The minimum Gasteiger partial charge on any atom is -0.491 e. The zero-order valence-electron chi connectivity index (χ0n) is 15.0. The topological polar surface area (TPSA) is 84.5 Å². The number of rotatable bonds is 8. The molecule has 2 rings (SSSR count). The molecule has 0 saturated heterocycles. The average molecular weight is 368 g/mol. The Hall–Kier alpha value is -1.60. The average Bonchev–Trinajstić information content (AvgIpc) is 2.54. The van der Waals surface area contributed by atoms with Crippen LogP contribution in [0.15, 0.2) is 24.3 Å². The first-order chi connectivity index (χ1) is 11.9. The Bertz CT molecular complexity index is 667. The Kier molecular flexibility index (Phi) is 7.25. The van der Waals surface area contributed by atoms with E-state index in [2.05, 4.69) is 17.0 Å². The fraction of sp³-hybridized carbons (Fsp3) is 0.611. The van der Waals surface area contributed by atoms with Crippen molar-refractivity contribution in [2.24, 2.45) is 5.92 Å². The van der Waals surface area contributed by atoms with Gasteiger partial charge in [0.15, 0.2) is 0 Å². The number of carbonyl (C=O) groups excluding carboxylic acids is 1. The van der Waals surface area contributed by atoms with E-state index in [4.69, 9.17) is 4.74 Å². The fourth-order valence-corrected chi connectivity index (χ4v) is 4.24. The third-order valence-electron chi connectivity index (χ3n) is 4.46. The minimum atomic E-state index is -3.60. The molecule has 1 saturated carbocycles. The van der Waals surface area contributed by atoms with Gasteiger partial charge < -0.3 is 10.1 Å². The summed E-state index contributed by atoms with van der Waals surface area (Å²) in [4.78, 5) is 11.8. The number of aryl methyl sites for hydroxylation is 1. The van der Waals surface area contributed by atoms with E-state index >= 15 is 0 Å². The molecule has 0 aliphatic heterocycles. The molecule has 0 bridgehead atoms. The molecule has 0 aromatic heterocycles. The zero-order chi connectivity index (χ0) is 18.3. The van der Waals surface area contributed by atoms with E-state index in [1.807, 2.05) is 31.2 Å². The summed E-state index contributed by atoms with van der Waals surface area (Å²) in [5.41, 5.74) is 1.02. The highest BCUT2D eigenvalue weighted by molar-refractivity contribution is 7.90. The Morgan fingerprint density at radius 1 is 1.20 bits per heavy atom.